The molecule has 0 aliphatic rings. The molecule has 0 spiro atoms. The van der Waals surface area contributed by atoms with Crippen LogP contribution in [-0.4, -0.2) is 0 Å². The van der Waals surface area contributed by atoms with Gasteiger partial charge in [0.05, 0.1) is 0 Å². The maximum Gasteiger partial charge on any atom is 0.116 e. The zero-order valence-corrected chi connectivity index (χ0v) is 5.67. The van der Waals surface area contributed by atoms with Gasteiger partial charge in [0, 0.05) is 0 Å². The molecule has 0 aromatic heterocycles. The summed E-state index contributed by atoms with van der Waals surface area (Å²) >= 11 is 0. The minimum atomic E-state index is -0.594. The first kappa shape index (κ1) is 8.75. The summed E-state index contributed by atoms with van der Waals surface area (Å²) in [5.41, 5.74) is 0.193. The summed E-state index contributed by atoms with van der Waals surface area (Å²) in [6.07, 6.45) is 3.82. The highest BCUT2D eigenvalue weighted by molar-refractivity contribution is 5.21. The van der Waals surface area contributed by atoms with Crippen molar-refractivity contribution in [1.29, 1.82) is 0 Å². The van der Waals surface area contributed by atoms with Crippen molar-refractivity contribution in [1.82, 2.24) is 0 Å². The summed E-state index contributed by atoms with van der Waals surface area (Å²) in [5.74, 6) is -0.594. The van der Waals surface area contributed by atoms with E-state index in [2.05, 4.69) is 11.8 Å². The van der Waals surface area contributed by atoms with Crippen molar-refractivity contribution in [3.05, 3.63) is 41.2 Å². The molecule has 0 atom stereocenters. The van der Waals surface area contributed by atoms with Crippen LogP contribution in [-0.2, 0) is 0 Å². The van der Waals surface area contributed by atoms with Crippen LogP contribution in [0.2, 0.25) is 0 Å². The second-order valence-corrected chi connectivity index (χ2v) is 1.59. The second-order valence-electron chi connectivity index (χ2n) is 1.59. The Labute approximate surface area is 58.7 Å². The molecule has 0 heterocycles. The van der Waals surface area contributed by atoms with E-state index in [1.165, 1.54) is 12.2 Å². The van der Waals surface area contributed by atoms with Gasteiger partial charge in [0.25, 0.3) is 0 Å². The third-order valence-corrected chi connectivity index (χ3v) is 0.836. The van der Waals surface area contributed by atoms with E-state index < -0.39 is 5.83 Å². The molecule has 0 aromatic rings. The van der Waals surface area contributed by atoms with E-state index in [0.29, 0.717) is 0 Å². The monoisotopic (exact) mass is 141 g/mol. The van der Waals surface area contributed by atoms with Crippen molar-refractivity contribution >= 4 is 0 Å². The molecule has 10 heavy (non-hydrogen) atoms. The first-order chi connectivity index (χ1) is 4.70. The fourth-order valence-corrected chi connectivity index (χ4v) is 0.355. The molecule has 54 valence electrons. The smallest absolute Gasteiger partial charge is 0.116 e. The first-order valence-corrected chi connectivity index (χ1v) is 2.73. The van der Waals surface area contributed by atoms with Crippen LogP contribution < -0.4 is 0 Å². The van der Waals surface area contributed by atoms with E-state index in [1.807, 2.05) is 0 Å². The molecule has 0 N–H and O–H groups in total. The van der Waals surface area contributed by atoms with Crippen LogP contribution in [0.5, 0.6) is 0 Å². The van der Waals surface area contributed by atoms with Crippen LogP contribution >= 0.6 is 0 Å². The van der Waals surface area contributed by atoms with Gasteiger partial charge in [-0.05, 0) is 24.3 Å². The van der Waals surface area contributed by atoms with Crippen LogP contribution in [0.3, 0.4) is 0 Å². The van der Waals surface area contributed by atoms with Gasteiger partial charge in [-0.2, -0.15) is 0 Å². The van der Waals surface area contributed by atoms with Gasteiger partial charge >= 0.3 is 0 Å². The highest BCUT2D eigenvalue weighted by atomic mass is 19.1. The summed E-state index contributed by atoms with van der Waals surface area (Å²) < 4.78 is 11.9. The number of halogens is 1. The number of allylic oxidation sites excluding steroid dienone is 4. The Balaban J connectivity index is 4.11. The van der Waals surface area contributed by atoms with Gasteiger partial charge in [-0.25, -0.2) is 4.39 Å². The van der Waals surface area contributed by atoms with Gasteiger partial charge in [0.15, 0.2) is 0 Å². The van der Waals surface area contributed by atoms with Gasteiger partial charge in [0.1, 0.15) is 11.5 Å². The van der Waals surface area contributed by atoms with E-state index in [-0.39, 0.29) is 5.70 Å². The van der Waals surface area contributed by atoms with Gasteiger partial charge in [0.2, 0.25) is 0 Å². The van der Waals surface area contributed by atoms with Crippen LogP contribution in [0.15, 0.2) is 41.5 Å². The maximum absolute atomic E-state index is 11.9. The zero-order valence-electron chi connectivity index (χ0n) is 5.67. The maximum atomic E-state index is 11.9. The average Bonchev–Trinajstić information content (AvgIpc) is 1.90. The van der Waals surface area contributed by atoms with Crippen LogP contribution in [0.4, 0.5) is 4.39 Å². The molecule has 0 aliphatic carbocycles. The molecule has 0 saturated heterocycles. The molecule has 0 amide bonds. The number of rotatable bonds is 3. The minimum Gasteiger partial charge on any atom is -0.208 e. The Morgan fingerprint density at radius 1 is 1.60 bits per heavy atom. The van der Waals surface area contributed by atoms with Crippen molar-refractivity contribution in [2.24, 2.45) is 5.18 Å². The average molecular weight is 141 g/mol. The van der Waals surface area contributed by atoms with Crippen LogP contribution in [0.1, 0.15) is 6.92 Å². The summed E-state index contributed by atoms with van der Waals surface area (Å²) in [7, 11) is 0. The molecule has 2 nitrogen and oxygen atoms in total. The predicted molar refractivity (Wildman–Crippen MR) is 38.9 cm³/mol. The van der Waals surface area contributed by atoms with Crippen LogP contribution in [0, 0.1) is 4.91 Å². The molecular weight excluding hydrogens is 133 g/mol. The van der Waals surface area contributed by atoms with E-state index in [1.54, 1.807) is 6.92 Å². The van der Waals surface area contributed by atoms with Gasteiger partial charge in [-0.1, -0.05) is 12.7 Å². The highest BCUT2D eigenvalue weighted by Crippen LogP contribution is 2.01. The largest absolute Gasteiger partial charge is 0.208 e. The number of hydrogen-bond donors (Lipinski definition) is 0. The quantitative estimate of drug-likeness (QED) is 0.439. The molecule has 0 bridgehead atoms. The molecular formula is C7H8FNO. The fraction of sp³-hybridized carbons (Fsp3) is 0.143. The topological polar surface area (TPSA) is 29.4 Å². The Morgan fingerprint density at radius 2 is 2.20 bits per heavy atom. The Kier molecular flexibility index (Phi) is 4.04. The van der Waals surface area contributed by atoms with E-state index in [9.17, 15) is 9.30 Å². The molecule has 0 aromatic carbocycles. The van der Waals surface area contributed by atoms with Gasteiger partial charge in [-0.3, -0.25) is 0 Å². The molecule has 0 saturated carbocycles. The first-order valence-electron chi connectivity index (χ1n) is 2.73. The van der Waals surface area contributed by atoms with E-state index >= 15 is 0 Å². The van der Waals surface area contributed by atoms with Crippen molar-refractivity contribution < 1.29 is 4.39 Å². The minimum absolute atomic E-state index is 0.193. The Bertz CT molecular complexity index is 194. The van der Waals surface area contributed by atoms with Crippen molar-refractivity contribution in [2.75, 3.05) is 0 Å². The normalized spacial score (nSPS) is 12.0. The van der Waals surface area contributed by atoms with E-state index in [4.69, 9.17) is 0 Å². The van der Waals surface area contributed by atoms with Crippen molar-refractivity contribution in [3.8, 4) is 0 Å². The predicted octanol–water partition coefficient (Wildman–Crippen LogP) is 2.70. The molecule has 0 unspecified atom stereocenters. The second kappa shape index (κ2) is 4.61. The fourth-order valence-electron chi connectivity index (χ4n) is 0.355. The van der Waals surface area contributed by atoms with Crippen molar-refractivity contribution in [3.63, 3.8) is 0 Å². The summed E-state index contributed by atoms with van der Waals surface area (Å²) in [6.45, 7) is 4.61. The van der Waals surface area contributed by atoms with Crippen LogP contribution in [0.25, 0.3) is 0 Å². The standard InChI is InChI=1S/C7H8FNO/c1-3-7(9-10)5-4-6(2)8/h3-5H,2H2,1H3. The number of hydrogen-bond acceptors (Lipinski definition) is 2. The molecule has 3 heteroatoms. The SMILES string of the molecule is C=C(F)C=CC(=CC)N=O. The Hall–Kier alpha value is -1.25. The van der Waals surface area contributed by atoms with Crippen molar-refractivity contribution in [2.45, 2.75) is 6.92 Å². The number of nitroso groups, excluding NO2 is 1. The number of nitrogens with zero attached hydrogens (tertiary/aromatic N) is 1. The third-order valence-electron chi connectivity index (χ3n) is 0.836. The molecule has 0 radical (unpaired) electrons. The highest BCUT2D eigenvalue weighted by Gasteiger charge is 1.85. The lowest BCUT2D eigenvalue weighted by Gasteiger charge is -1.82. The summed E-state index contributed by atoms with van der Waals surface area (Å²) in [6, 6.07) is 0. The van der Waals surface area contributed by atoms with Gasteiger partial charge < -0.3 is 0 Å². The lowest BCUT2D eigenvalue weighted by atomic mass is 10.3. The lowest BCUT2D eigenvalue weighted by Crippen LogP contribution is -1.67. The molecule has 0 fully saturated rings. The molecule has 0 aliphatic heterocycles. The summed E-state index contributed by atoms with van der Waals surface area (Å²) in [5, 5.41) is 2.60. The van der Waals surface area contributed by atoms with Gasteiger partial charge in [-0.15, -0.1) is 4.91 Å². The zero-order chi connectivity index (χ0) is 7.98. The molecule has 0 rings (SSSR count). The summed E-state index contributed by atoms with van der Waals surface area (Å²) in [4.78, 5) is 9.83. The Morgan fingerprint density at radius 3 is 2.50 bits per heavy atom. The third kappa shape index (κ3) is 3.72. The lowest BCUT2D eigenvalue weighted by molar-refractivity contribution is 0.671. The van der Waals surface area contributed by atoms with E-state index in [0.717, 1.165) is 6.08 Å².